The summed E-state index contributed by atoms with van der Waals surface area (Å²) in [6.07, 6.45) is 0.902. The summed E-state index contributed by atoms with van der Waals surface area (Å²) in [7, 11) is 8.06. The van der Waals surface area contributed by atoms with Crippen molar-refractivity contribution < 1.29 is 9.47 Å². The number of hydrogen-bond donors (Lipinski definition) is 0. The van der Waals surface area contributed by atoms with E-state index < -0.39 is 0 Å². The molecule has 0 unspecified atom stereocenters. The van der Waals surface area contributed by atoms with Crippen molar-refractivity contribution in [1.82, 2.24) is 9.80 Å². The second-order valence-corrected chi connectivity index (χ2v) is 8.82. The summed E-state index contributed by atoms with van der Waals surface area (Å²) in [5.74, 6) is 13.8. The third-order valence-electron chi connectivity index (χ3n) is 5.09. The Morgan fingerprint density at radius 2 is 1.03 bits per heavy atom. The van der Waals surface area contributed by atoms with Crippen LogP contribution in [0.25, 0.3) is 0 Å². The van der Waals surface area contributed by atoms with E-state index in [0.29, 0.717) is 13.3 Å². The molecule has 35 heavy (non-hydrogen) atoms. The standard InChI is InChI=1S/C31H34N2O2/c1-32(2)22-24-35-31-19-17-29(18-20-31)12-11-27-7-5-26(6-8-27)9-10-28-13-15-30(16-14-28)21-23-34-25-33(3)4/h5-8,13-20H,21-25H2,1-4H3. The summed E-state index contributed by atoms with van der Waals surface area (Å²) in [4.78, 5) is 4.11. The molecule has 4 heteroatoms. The Labute approximate surface area is 210 Å². The second kappa shape index (κ2) is 14.0. The molecule has 0 aliphatic carbocycles. The van der Waals surface area contributed by atoms with E-state index in [1.54, 1.807) is 0 Å². The zero-order valence-electron chi connectivity index (χ0n) is 21.2. The Kier molecular flexibility index (Phi) is 10.4. The maximum Gasteiger partial charge on any atom is 0.119 e. The van der Waals surface area contributed by atoms with Crippen LogP contribution in [-0.2, 0) is 11.2 Å². The lowest BCUT2D eigenvalue weighted by atomic mass is 10.1. The van der Waals surface area contributed by atoms with Gasteiger partial charge in [-0.15, -0.1) is 0 Å². The first-order chi connectivity index (χ1) is 17.0. The molecule has 3 rings (SSSR count). The lowest BCUT2D eigenvalue weighted by molar-refractivity contribution is 0.0582. The minimum atomic E-state index is 0.647. The van der Waals surface area contributed by atoms with Crippen molar-refractivity contribution in [2.45, 2.75) is 6.42 Å². The molecule has 180 valence electrons. The highest BCUT2D eigenvalue weighted by Crippen LogP contribution is 2.12. The van der Waals surface area contributed by atoms with Gasteiger partial charge < -0.3 is 14.4 Å². The van der Waals surface area contributed by atoms with E-state index >= 15 is 0 Å². The number of likely N-dealkylation sites (N-methyl/N-ethyl adjacent to an activating group) is 1. The average Bonchev–Trinajstić information content (AvgIpc) is 2.86. The summed E-state index contributed by atoms with van der Waals surface area (Å²) in [6.45, 7) is 2.93. The van der Waals surface area contributed by atoms with Gasteiger partial charge in [0.25, 0.3) is 0 Å². The van der Waals surface area contributed by atoms with Crippen LogP contribution in [0.3, 0.4) is 0 Å². The monoisotopic (exact) mass is 466 g/mol. The maximum atomic E-state index is 5.73. The predicted molar refractivity (Wildman–Crippen MR) is 144 cm³/mol. The average molecular weight is 467 g/mol. The van der Waals surface area contributed by atoms with E-state index in [4.69, 9.17) is 9.47 Å². The quantitative estimate of drug-likeness (QED) is 0.263. The fourth-order valence-electron chi connectivity index (χ4n) is 3.10. The fourth-order valence-corrected chi connectivity index (χ4v) is 3.10. The van der Waals surface area contributed by atoms with Crippen molar-refractivity contribution in [1.29, 1.82) is 0 Å². The molecule has 0 N–H and O–H groups in total. The van der Waals surface area contributed by atoms with E-state index in [0.717, 1.165) is 47.6 Å². The van der Waals surface area contributed by atoms with Crippen molar-refractivity contribution in [3.8, 4) is 29.4 Å². The van der Waals surface area contributed by atoms with Gasteiger partial charge in [0, 0.05) is 28.8 Å². The Morgan fingerprint density at radius 1 is 0.571 bits per heavy atom. The molecular formula is C31H34N2O2. The minimum Gasteiger partial charge on any atom is -0.492 e. The van der Waals surface area contributed by atoms with Crippen molar-refractivity contribution in [2.24, 2.45) is 0 Å². The normalized spacial score (nSPS) is 10.5. The zero-order valence-corrected chi connectivity index (χ0v) is 21.2. The molecule has 3 aromatic carbocycles. The van der Waals surface area contributed by atoms with Crippen LogP contribution in [0.15, 0.2) is 72.8 Å². The van der Waals surface area contributed by atoms with Gasteiger partial charge in [-0.3, -0.25) is 4.90 Å². The molecule has 0 spiro atoms. The van der Waals surface area contributed by atoms with Crippen LogP contribution in [0.4, 0.5) is 0 Å². The van der Waals surface area contributed by atoms with Crippen LogP contribution in [0.5, 0.6) is 5.75 Å². The van der Waals surface area contributed by atoms with Gasteiger partial charge in [0.15, 0.2) is 0 Å². The molecule has 0 radical (unpaired) electrons. The number of rotatable bonds is 9. The molecule has 0 atom stereocenters. The smallest absolute Gasteiger partial charge is 0.119 e. The molecule has 0 saturated carbocycles. The van der Waals surface area contributed by atoms with E-state index in [-0.39, 0.29) is 0 Å². The highest BCUT2D eigenvalue weighted by molar-refractivity contribution is 5.48. The Hall–Kier alpha value is -3.54. The Balaban J connectivity index is 1.50. The molecule has 0 fully saturated rings. The second-order valence-electron chi connectivity index (χ2n) is 8.82. The molecule has 4 nitrogen and oxygen atoms in total. The molecule has 0 aliphatic rings. The number of benzene rings is 3. The Morgan fingerprint density at radius 3 is 1.49 bits per heavy atom. The third kappa shape index (κ3) is 10.1. The summed E-state index contributed by atoms with van der Waals surface area (Å²) in [6, 6.07) is 24.3. The molecule has 0 bridgehead atoms. The lowest BCUT2D eigenvalue weighted by Gasteiger charge is -2.10. The molecular weight excluding hydrogens is 432 g/mol. The molecule has 0 saturated heterocycles. The summed E-state index contributed by atoms with van der Waals surface area (Å²) in [5.41, 5.74) is 5.14. The SMILES string of the molecule is CN(C)CCOc1ccc(C#Cc2ccc(C#Cc3ccc(CCOCN(C)C)cc3)cc2)cc1. The fraction of sp³-hybridized carbons (Fsp3) is 0.290. The lowest BCUT2D eigenvalue weighted by Crippen LogP contribution is -2.19. The van der Waals surface area contributed by atoms with Gasteiger partial charge in [-0.05, 0) is 101 Å². The van der Waals surface area contributed by atoms with E-state index in [1.807, 2.05) is 81.6 Å². The number of ether oxygens (including phenoxy) is 2. The number of hydrogen-bond acceptors (Lipinski definition) is 4. The largest absolute Gasteiger partial charge is 0.492 e. The topological polar surface area (TPSA) is 24.9 Å². The molecule has 0 amide bonds. The first kappa shape index (κ1) is 26.1. The van der Waals surface area contributed by atoms with Crippen LogP contribution >= 0.6 is 0 Å². The van der Waals surface area contributed by atoms with E-state index in [1.165, 1.54) is 5.56 Å². The minimum absolute atomic E-state index is 0.647. The summed E-state index contributed by atoms with van der Waals surface area (Å²) >= 11 is 0. The van der Waals surface area contributed by atoms with Crippen LogP contribution in [0.1, 0.15) is 27.8 Å². The van der Waals surface area contributed by atoms with Crippen LogP contribution in [0, 0.1) is 23.7 Å². The van der Waals surface area contributed by atoms with Crippen molar-refractivity contribution in [3.63, 3.8) is 0 Å². The van der Waals surface area contributed by atoms with Gasteiger partial charge >= 0.3 is 0 Å². The van der Waals surface area contributed by atoms with Gasteiger partial charge in [-0.25, -0.2) is 0 Å². The zero-order chi connectivity index (χ0) is 24.9. The van der Waals surface area contributed by atoms with Crippen molar-refractivity contribution in [3.05, 3.63) is 101 Å². The van der Waals surface area contributed by atoms with E-state index in [9.17, 15) is 0 Å². The van der Waals surface area contributed by atoms with Crippen LogP contribution in [-0.4, -0.2) is 64.5 Å². The predicted octanol–water partition coefficient (Wildman–Crippen LogP) is 4.50. The van der Waals surface area contributed by atoms with Gasteiger partial charge in [0.05, 0.1) is 13.3 Å². The summed E-state index contributed by atoms with van der Waals surface area (Å²) in [5, 5.41) is 0. The van der Waals surface area contributed by atoms with Crippen LogP contribution < -0.4 is 4.74 Å². The first-order valence-corrected chi connectivity index (χ1v) is 11.8. The van der Waals surface area contributed by atoms with Gasteiger partial charge in [0.1, 0.15) is 12.4 Å². The number of nitrogens with zero attached hydrogens (tertiary/aromatic N) is 2. The highest BCUT2D eigenvalue weighted by atomic mass is 16.5. The third-order valence-corrected chi connectivity index (χ3v) is 5.09. The highest BCUT2D eigenvalue weighted by Gasteiger charge is 1.97. The Bertz CT molecular complexity index is 1160. The molecule has 0 heterocycles. The molecule has 0 aromatic heterocycles. The van der Waals surface area contributed by atoms with Crippen molar-refractivity contribution >= 4 is 0 Å². The van der Waals surface area contributed by atoms with Gasteiger partial charge in [-0.1, -0.05) is 35.8 Å². The van der Waals surface area contributed by atoms with Gasteiger partial charge in [0.2, 0.25) is 0 Å². The summed E-state index contributed by atoms with van der Waals surface area (Å²) < 4.78 is 11.3. The maximum absolute atomic E-state index is 5.73. The van der Waals surface area contributed by atoms with E-state index in [2.05, 4.69) is 52.8 Å². The van der Waals surface area contributed by atoms with Crippen LogP contribution in [0.2, 0.25) is 0 Å². The van der Waals surface area contributed by atoms with Gasteiger partial charge in [-0.2, -0.15) is 0 Å². The molecule has 0 aliphatic heterocycles. The first-order valence-electron chi connectivity index (χ1n) is 11.8. The van der Waals surface area contributed by atoms with Crippen molar-refractivity contribution in [2.75, 3.05) is 54.7 Å². The molecule has 3 aromatic rings.